The SMILES string of the molecule is O[C@@]1(COc2cccc(F)c2)CCCN(Cc2ccncc2)C1. The summed E-state index contributed by atoms with van der Waals surface area (Å²) in [5, 5.41) is 10.8. The fraction of sp³-hybridized carbons (Fsp3) is 0.389. The Hall–Kier alpha value is -1.98. The highest BCUT2D eigenvalue weighted by Gasteiger charge is 2.34. The second-order valence-electron chi connectivity index (χ2n) is 6.14. The third kappa shape index (κ3) is 4.50. The van der Waals surface area contributed by atoms with Crippen LogP contribution in [0.1, 0.15) is 18.4 Å². The highest BCUT2D eigenvalue weighted by molar-refractivity contribution is 5.22. The van der Waals surface area contributed by atoms with Crippen LogP contribution in [-0.2, 0) is 6.54 Å². The van der Waals surface area contributed by atoms with E-state index in [4.69, 9.17) is 4.74 Å². The minimum Gasteiger partial charge on any atom is -0.490 e. The van der Waals surface area contributed by atoms with Crippen LogP contribution in [0.25, 0.3) is 0 Å². The zero-order valence-electron chi connectivity index (χ0n) is 13.0. The van der Waals surface area contributed by atoms with Crippen molar-refractivity contribution in [3.63, 3.8) is 0 Å². The van der Waals surface area contributed by atoms with E-state index in [1.165, 1.54) is 17.7 Å². The van der Waals surface area contributed by atoms with Gasteiger partial charge in [0.2, 0.25) is 0 Å². The van der Waals surface area contributed by atoms with Crippen molar-refractivity contribution in [2.24, 2.45) is 0 Å². The maximum absolute atomic E-state index is 13.2. The number of benzene rings is 1. The van der Waals surface area contributed by atoms with Gasteiger partial charge in [-0.25, -0.2) is 4.39 Å². The molecule has 1 aromatic carbocycles. The number of pyridine rings is 1. The number of aliphatic hydroxyl groups is 1. The molecule has 1 saturated heterocycles. The maximum Gasteiger partial charge on any atom is 0.126 e. The van der Waals surface area contributed by atoms with Crippen LogP contribution in [0, 0.1) is 5.82 Å². The summed E-state index contributed by atoms with van der Waals surface area (Å²) in [5.41, 5.74) is 0.271. The van der Waals surface area contributed by atoms with Crippen molar-refractivity contribution in [3.05, 3.63) is 60.2 Å². The summed E-state index contributed by atoms with van der Waals surface area (Å²) in [6.07, 6.45) is 5.15. The summed E-state index contributed by atoms with van der Waals surface area (Å²) in [6, 6.07) is 9.97. The molecule has 0 unspecified atom stereocenters. The van der Waals surface area contributed by atoms with Crippen LogP contribution >= 0.6 is 0 Å². The topological polar surface area (TPSA) is 45.6 Å². The zero-order chi connectivity index (χ0) is 16.1. The quantitative estimate of drug-likeness (QED) is 0.921. The molecule has 1 aliphatic heterocycles. The third-order valence-corrected chi connectivity index (χ3v) is 4.09. The first-order valence-electron chi connectivity index (χ1n) is 7.85. The summed E-state index contributed by atoms with van der Waals surface area (Å²) < 4.78 is 18.8. The third-order valence-electron chi connectivity index (χ3n) is 4.09. The molecule has 122 valence electrons. The van der Waals surface area contributed by atoms with Gasteiger partial charge in [0.25, 0.3) is 0 Å². The zero-order valence-corrected chi connectivity index (χ0v) is 13.0. The Labute approximate surface area is 135 Å². The van der Waals surface area contributed by atoms with Crippen LogP contribution in [0.5, 0.6) is 5.75 Å². The van der Waals surface area contributed by atoms with Crippen molar-refractivity contribution in [1.29, 1.82) is 0 Å². The number of rotatable bonds is 5. The van der Waals surface area contributed by atoms with Gasteiger partial charge in [-0.3, -0.25) is 9.88 Å². The average molecular weight is 316 g/mol. The first-order chi connectivity index (χ1) is 11.1. The van der Waals surface area contributed by atoms with E-state index >= 15 is 0 Å². The van der Waals surface area contributed by atoms with Crippen LogP contribution in [0.3, 0.4) is 0 Å². The number of hydrogen-bond donors (Lipinski definition) is 1. The maximum atomic E-state index is 13.2. The molecule has 0 amide bonds. The summed E-state index contributed by atoms with van der Waals surface area (Å²) in [5.74, 6) is 0.113. The van der Waals surface area contributed by atoms with Crippen molar-refractivity contribution in [2.45, 2.75) is 25.0 Å². The molecule has 1 fully saturated rings. The predicted molar refractivity (Wildman–Crippen MR) is 85.6 cm³/mol. The van der Waals surface area contributed by atoms with E-state index in [0.29, 0.717) is 18.7 Å². The number of piperidine rings is 1. The van der Waals surface area contributed by atoms with Crippen LogP contribution in [0.4, 0.5) is 4.39 Å². The second-order valence-corrected chi connectivity index (χ2v) is 6.14. The molecular weight excluding hydrogens is 295 g/mol. The number of halogens is 1. The summed E-state index contributed by atoms with van der Waals surface area (Å²) >= 11 is 0. The van der Waals surface area contributed by atoms with Crippen molar-refractivity contribution >= 4 is 0 Å². The van der Waals surface area contributed by atoms with Gasteiger partial charge in [0.1, 0.15) is 23.8 Å². The molecule has 1 N–H and O–H groups in total. The van der Waals surface area contributed by atoms with Crippen LogP contribution in [0.15, 0.2) is 48.8 Å². The molecule has 1 aliphatic rings. The average Bonchev–Trinajstić information content (AvgIpc) is 2.54. The Morgan fingerprint density at radius 1 is 1.26 bits per heavy atom. The molecule has 2 aromatic rings. The lowest BCUT2D eigenvalue weighted by atomic mass is 9.93. The molecule has 1 aromatic heterocycles. The Bertz CT molecular complexity index is 638. The van der Waals surface area contributed by atoms with E-state index in [9.17, 15) is 9.50 Å². The Kier molecular flexibility index (Phi) is 4.88. The smallest absolute Gasteiger partial charge is 0.126 e. The molecule has 0 bridgehead atoms. The fourth-order valence-electron chi connectivity index (χ4n) is 2.98. The Balaban J connectivity index is 1.58. The minimum atomic E-state index is -0.905. The van der Waals surface area contributed by atoms with E-state index in [1.54, 1.807) is 24.5 Å². The van der Waals surface area contributed by atoms with Gasteiger partial charge in [0, 0.05) is 31.5 Å². The molecule has 23 heavy (non-hydrogen) atoms. The highest BCUT2D eigenvalue weighted by Crippen LogP contribution is 2.24. The molecule has 3 rings (SSSR count). The normalized spacial score (nSPS) is 22.0. The molecule has 4 nitrogen and oxygen atoms in total. The monoisotopic (exact) mass is 316 g/mol. The Morgan fingerprint density at radius 2 is 2.09 bits per heavy atom. The molecular formula is C18H21FN2O2. The number of likely N-dealkylation sites (tertiary alicyclic amines) is 1. The van der Waals surface area contributed by atoms with E-state index in [-0.39, 0.29) is 12.4 Å². The first kappa shape index (κ1) is 15.9. The van der Waals surface area contributed by atoms with Crippen molar-refractivity contribution in [2.75, 3.05) is 19.7 Å². The number of hydrogen-bond acceptors (Lipinski definition) is 4. The lowest BCUT2D eigenvalue weighted by molar-refractivity contribution is -0.0621. The van der Waals surface area contributed by atoms with Gasteiger partial charge in [-0.2, -0.15) is 0 Å². The minimum absolute atomic E-state index is 0.170. The molecule has 0 saturated carbocycles. The number of aromatic nitrogens is 1. The fourth-order valence-corrected chi connectivity index (χ4v) is 2.98. The molecule has 0 radical (unpaired) electrons. The summed E-state index contributed by atoms with van der Waals surface area (Å²) in [4.78, 5) is 6.23. The van der Waals surface area contributed by atoms with E-state index in [2.05, 4.69) is 9.88 Å². The van der Waals surface area contributed by atoms with Gasteiger partial charge in [0.15, 0.2) is 0 Å². The van der Waals surface area contributed by atoms with Gasteiger partial charge in [-0.1, -0.05) is 6.07 Å². The predicted octanol–water partition coefficient (Wildman–Crippen LogP) is 2.63. The van der Waals surface area contributed by atoms with Gasteiger partial charge in [-0.15, -0.1) is 0 Å². The van der Waals surface area contributed by atoms with E-state index in [1.807, 2.05) is 12.1 Å². The summed E-state index contributed by atoms with van der Waals surface area (Å²) in [6.45, 7) is 2.45. The van der Waals surface area contributed by atoms with Crippen molar-refractivity contribution < 1.29 is 14.2 Å². The second kappa shape index (κ2) is 7.06. The lowest BCUT2D eigenvalue weighted by Crippen LogP contribution is -2.51. The number of β-amino-alcohol motifs (C(OH)–C–C–N with tert-alkyl or cyclic N) is 1. The van der Waals surface area contributed by atoms with Crippen molar-refractivity contribution in [1.82, 2.24) is 9.88 Å². The van der Waals surface area contributed by atoms with Gasteiger partial charge in [-0.05, 0) is 49.2 Å². The first-order valence-corrected chi connectivity index (χ1v) is 7.85. The van der Waals surface area contributed by atoms with Crippen molar-refractivity contribution in [3.8, 4) is 5.75 Å². The number of nitrogens with zero attached hydrogens (tertiary/aromatic N) is 2. The lowest BCUT2D eigenvalue weighted by Gasteiger charge is -2.39. The van der Waals surface area contributed by atoms with Gasteiger partial charge in [0.05, 0.1) is 0 Å². The standard InChI is InChI=1S/C18H21FN2O2/c19-16-3-1-4-17(11-16)23-14-18(22)7-2-10-21(13-18)12-15-5-8-20-9-6-15/h1,3-6,8-9,11,22H,2,7,10,12-14H2/t18-/m0/s1. The van der Waals surface area contributed by atoms with Gasteiger partial charge >= 0.3 is 0 Å². The van der Waals surface area contributed by atoms with Gasteiger partial charge < -0.3 is 9.84 Å². The van der Waals surface area contributed by atoms with E-state index < -0.39 is 5.60 Å². The molecule has 0 spiro atoms. The number of ether oxygens (including phenoxy) is 1. The summed E-state index contributed by atoms with van der Waals surface area (Å²) in [7, 11) is 0. The van der Waals surface area contributed by atoms with Crippen LogP contribution < -0.4 is 4.74 Å². The van der Waals surface area contributed by atoms with Crippen LogP contribution in [0.2, 0.25) is 0 Å². The Morgan fingerprint density at radius 3 is 2.87 bits per heavy atom. The molecule has 0 aliphatic carbocycles. The van der Waals surface area contributed by atoms with Crippen LogP contribution in [-0.4, -0.2) is 40.3 Å². The molecule has 1 atom stereocenters. The highest BCUT2D eigenvalue weighted by atomic mass is 19.1. The molecule has 5 heteroatoms. The largest absolute Gasteiger partial charge is 0.490 e. The molecule has 2 heterocycles. The van der Waals surface area contributed by atoms with E-state index in [0.717, 1.165) is 19.5 Å².